The second kappa shape index (κ2) is 5.26. The molecule has 1 aliphatic carbocycles. The first-order valence-electron chi connectivity index (χ1n) is 5.88. The van der Waals surface area contributed by atoms with Crippen LogP contribution < -0.4 is 4.72 Å². The SMILES string of the molecule is CN1C2=CC(C(F)(F)F)=CCC2CCC1NS(=O)O. The number of halogens is 3. The van der Waals surface area contributed by atoms with E-state index in [-0.39, 0.29) is 5.92 Å². The minimum atomic E-state index is -4.35. The van der Waals surface area contributed by atoms with E-state index in [2.05, 4.69) is 4.72 Å². The van der Waals surface area contributed by atoms with Crippen LogP contribution in [0.2, 0.25) is 0 Å². The minimum absolute atomic E-state index is 0.0567. The maximum Gasteiger partial charge on any atom is 0.416 e. The van der Waals surface area contributed by atoms with Gasteiger partial charge in [0.1, 0.15) is 0 Å². The van der Waals surface area contributed by atoms with Gasteiger partial charge < -0.3 is 4.90 Å². The summed E-state index contributed by atoms with van der Waals surface area (Å²) < 4.78 is 60.1. The molecule has 1 aliphatic heterocycles. The van der Waals surface area contributed by atoms with Gasteiger partial charge >= 0.3 is 6.18 Å². The van der Waals surface area contributed by atoms with Gasteiger partial charge in [-0.25, -0.2) is 4.21 Å². The molecule has 0 saturated carbocycles. The van der Waals surface area contributed by atoms with Gasteiger partial charge in [0, 0.05) is 18.7 Å². The molecule has 1 saturated heterocycles. The summed E-state index contributed by atoms with van der Waals surface area (Å²) in [6.07, 6.45) is -0.714. The molecule has 1 heterocycles. The lowest BCUT2D eigenvalue weighted by atomic mass is 9.85. The van der Waals surface area contributed by atoms with Gasteiger partial charge in [-0.15, -0.1) is 0 Å². The number of hydrogen-bond acceptors (Lipinski definition) is 2. The molecule has 2 rings (SSSR count). The minimum Gasteiger partial charge on any atom is -0.361 e. The summed E-state index contributed by atoms with van der Waals surface area (Å²) in [4.78, 5) is 1.63. The summed E-state index contributed by atoms with van der Waals surface area (Å²) in [6.45, 7) is 0. The van der Waals surface area contributed by atoms with Crippen molar-refractivity contribution in [1.29, 1.82) is 0 Å². The number of alkyl halides is 3. The molecule has 3 atom stereocenters. The van der Waals surface area contributed by atoms with Crippen molar-refractivity contribution in [2.45, 2.75) is 31.6 Å². The van der Waals surface area contributed by atoms with Crippen molar-refractivity contribution in [3.05, 3.63) is 23.4 Å². The molecule has 0 aromatic heterocycles. The van der Waals surface area contributed by atoms with Crippen LogP contribution in [0.4, 0.5) is 13.2 Å². The van der Waals surface area contributed by atoms with Gasteiger partial charge in [-0.2, -0.15) is 17.9 Å². The number of piperidine rings is 1. The fraction of sp³-hybridized carbons (Fsp3) is 0.636. The Hall–Kier alpha value is -0.860. The number of nitrogens with zero attached hydrogens (tertiary/aromatic N) is 1. The molecule has 4 nitrogen and oxygen atoms in total. The van der Waals surface area contributed by atoms with E-state index in [0.717, 1.165) is 6.08 Å². The van der Waals surface area contributed by atoms with E-state index in [9.17, 15) is 17.4 Å². The maximum absolute atomic E-state index is 12.7. The van der Waals surface area contributed by atoms with Crippen LogP contribution in [0.3, 0.4) is 0 Å². The third-order valence-electron chi connectivity index (χ3n) is 3.57. The van der Waals surface area contributed by atoms with Gasteiger partial charge in [-0.3, -0.25) is 4.55 Å². The van der Waals surface area contributed by atoms with Crippen molar-refractivity contribution in [1.82, 2.24) is 9.62 Å². The first-order chi connectivity index (χ1) is 8.79. The zero-order valence-corrected chi connectivity index (χ0v) is 11.1. The van der Waals surface area contributed by atoms with Crippen LogP contribution in [0.5, 0.6) is 0 Å². The number of allylic oxidation sites excluding steroid dienone is 4. The Morgan fingerprint density at radius 2 is 2.16 bits per heavy atom. The maximum atomic E-state index is 12.7. The van der Waals surface area contributed by atoms with Gasteiger partial charge in [0.05, 0.1) is 11.7 Å². The molecule has 1 fully saturated rings. The Morgan fingerprint density at radius 3 is 2.74 bits per heavy atom. The molecule has 8 heteroatoms. The van der Waals surface area contributed by atoms with Crippen molar-refractivity contribution >= 4 is 11.3 Å². The van der Waals surface area contributed by atoms with Crippen LogP contribution in [-0.4, -0.2) is 33.1 Å². The van der Waals surface area contributed by atoms with Crippen LogP contribution >= 0.6 is 0 Å². The Bertz CT molecular complexity index is 448. The molecule has 0 radical (unpaired) electrons. The molecule has 2 N–H and O–H groups in total. The number of fused-ring (bicyclic) bond motifs is 1. The van der Waals surface area contributed by atoms with E-state index in [0.29, 0.717) is 25.0 Å². The van der Waals surface area contributed by atoms with Crippen molar-refractivity contribution in [3.8, 4) is 0 Å². The molecule has 3 unspecified atom stereocenters. The molecule has 0 aromatic rings. The summed E-state index contributed by atoms with van der Waals surface area (Å²) in [7, 11) is 1.64. The standard InChI is InChI=1S/C11H15F3N2O2S/c1-16-9-6-8(11(12,13)14)4-2-7(9)3-5-10(16)15-19(17)18/h4,6-7,10,15H,2-3,5H2,1H3,(H,17,18). The number of nitrogens with one attached hydrogen (secondary N) is 1. The van der Waals surface area contributed by atoms with Crippen molar-refractivity contribution in [2.24, 2.45) is 5.92 Å². The van der Waals surface area contributed by atoms with Gasteiger partial charge in [0.25, 0.3) is 0 Å². The second-order valence-corrected chi connectivity index (χ2v) is 5.46. The normalized spacial score (nSPS) is 29.4. The fourth-order valence-electron chi connectivity index (χ4n) is 2.57. The van der Waals surface area contributed by atoms with Crippen LogP contribution in [-0.2, 0) is 11.3 Å². The highest BCUT2D eigenvalue weighted by Crippen LogP contribution is 2.39. The third-order valence-corrected chi connectivity index (χ3v) is 4.05. The average molecular weight is 296 g/mol. The van der Waals surface area contributed by atoms with E-state index in [1.165, 1.54) is 6.08 Å². The van der Waals surface area contributed by atoms with Crippen molar-refractivity contribution in [2.75, 3.05) is 7.05 Å². The Balaban J connectivity index is 2.21. The van der Waals surface area contributed by atoms with E-state index in [1.54, 1.807) is 11.9 Å². The highest BCUT2D eigenvalue weighted by atomic mass is 32.2. The quantitative estimate of drug-likeness (QED) is 0.768. The number of rotatable bonds is 2. The van der Waals surface area contributed by atoms with Crippen molar-refractivity contribution < 1.29 is 21.9 Å². The molecular weight excluding hydrogens is 281 g/mol. The largest absolute Gasteiger partial charge is 0.416 e. The molecule has 19 heavy (non-hydrogen) atoms. The third kappa shape index (κ3) is 3.18. The topological polar surface area (TPSA) is 52.6 Å². The Morgan fingerprint density at radius 1 is 1.47 bits per heavy atom. The summed E-state index contributed by atoms with van der Waals surface area (Å²) in [6, 6.07) is 0. The number of hydrogen-bond donors (Lipinski definition) is 2. The summed E-state index contributed by atoms with van der Waals surface area (Å²) in [5.41, 5.74) is -0.0691. The highest BCUT2D eigenvalue weighted by Gasteiger charge is 2.38. The summed E-state index contributed by atoms with van der Waals surface area (Å²) in [5, 5.41) is 0. The summed E-state index contributed by atoms with van der Waals surface area (Å²) >= 11 is -2.18. The van der Waals surface area contributed by atoms with E-state index in [4.69, 9.17) is 4.55 Å². The monoisotopic (exact) mass is 296 g/mol. The predicted molar refractivity (Wildman–Crippen MR) is 65.0 cm³/mol. The molecule has 0 aromatic carbocycles. The van der Waals surface area contributed by atoms with Gasteiger partial charge in [-0.05, 0) is 25.3 Å². The molecule has 0 amide bonds. The van der Waals surface area contributed by atoms with Crippen molar-refractivity contribution in [3.63, 3.8) is 0 Å². The lowest BCUT2D eigenvalue weighted by Crippen LogP contribution is -2.48. The van der Waals surface area contributed by atoms with E-state index >= 15 is 0 Å². The lowest BCUT2D eigenvalue weighted by molar-refractivity contribution is -0.0892. The first-order valence-corrected chi connectivity index (χ1v) is 6.98. The molecule has 0 spiro atoms. The number of likely N-dealkylation sites (tertiary alicyclic amines) is 1. The average Bonchev–Trinajstić information content (AvgIpc) is 2.31. The van der Waals surface area contributed by atoms with Gasteiger partial charge in [0.2, 0.25) is 11.3 Å². The zero-order chi connectivity index (χ0) is 14.2. The van der Waals surface area contributed by atoms with Crippen LogP contribution in [0, 0.1) is 5.92 Å². The van der Waals surface area contributed by atoms with Gasteiger partial charge in [0.15, 0.2) is 0 Å². The Kier molecular flexibility index (Phi) is 4.03. The smallest absolute Gasteiger partial charge is 0.361 e. The van der Waals surface area contributed by atoms with E-state index in [1.807, 2.05) is 0 Å². The van der Waals surface area contributed by atoms with Crippen LogP contribution in [0.15, 0.2) is 23.4 Å². The molecular formula is C11H15F3N2O2S. The Labute approximate surface area is 111 Å². The molecule has 0 bridgehead atoms. The van der Waals surface area contributed by atoms with E-state index < -0.39 is 29.2 Å². The fourth-order valence-corrected chi connectivity index (χ4v) is 3.07. The predicted octanol–water partition coefficient (Wildman–Crippen LogP) is 2.16. The first kappa shape index (κ1) is 14.5. The van der Waals surface area contributed by atoms with Crippen LogP contribution in [0.25, 0.3) is 0 Å². The summed E-state index contributed by atoms with van der Waals surface area (Å²) in [5.74, 6) is 0.0567. The molecule has 2 aliphatic rings. The van der Waals surface area contributed by atoms with Crippen LogP contribution in [0.1, 0.15) is 19.3 Å². The second-order valence-electron chi connectivity index (χ2n) is 4.73. The lowest BCUT2D eigenvalue weighted by Gasteiger charge is -2.42. The highest BCUT2D eigenvalue weighted by molar-refractivity contribution is 7.77. The van der Waals surface area contributed by atoms with Gasteiger partial charge in [-0.1, -0.05) is 6.08 Å². The zero-order valence-electron chi connectivity index (χ0n) is 10.3. The molecule has 108 valence electrons.